The summed E-state index contributed by atoms with van der Waals surface area (Å²) in [6, 6.07) is 9.79. The van der Waals surface area contributed by atoms with E-state index in [1.54, 1.807) is 7.11 Å². The summed E-state index contributed by atoms with van der Waals surface area (Å²) < 4.78 is 10.4. The van der Waals surface area contributed by atoms with Crippen molar-refractivity contribution in [2.24, 2.45) is 0 Å². The minimum atomic E-state index is -0.257. The van der Waals surface area contributed by atoms with E-state index >= 15 is 0 Å². The first kappa shape index (κ1) is 15.4. The smallest absolute Gasteiger partial charge is 0.338 e. The van der Waals surface area contributed by atoms with Crippen LogP contribution in [0.25, 0.3) is 10.8 Å². The fourth-order valence-electron chi connectivity index (χ4n) is 2.45. The van der Waals surface area contributed by atoms with Crippen LogP contribution >= 0.6 is 0 Å². The molecule has 0 atom stereocenters. The van der Waals surface area contributed by atoms with E-state index in [0.717, 1.165) is 35.8 Å². The van der Waals surface area contributed by atoms with Crippen LogP contribution in [-0.4, -0.2) is 19.7 Å². The molecular weight excluding hydrogens is 264 g/mol. The lowest BCUT2D eigenvalue weighted by Gasteiger charge is -2.11. The van der Waals surface area contributed by atoms with Crippen molar-refractivity contribution in [1.29, 1.82) is 0 Å². The number of hydrogen-bond donors (Lipinski definition) is 0. The van der Waals surface area contributed by atoms with Crippen molar-refractivity contribution in [2.45, 2.75) is 33.1 Å². The third-order valence-corrected chi connectivity index (χ3v) is 3.56. The molecule has 0 amide bonds. The maximum absolute atomic E-state index is 12.0. The molecule has 0 heterocycles. The number of esters is 1. The normalized spacial score (nSPS) is 10.6. The second kappa shape index (κ2) is 7.11. The van der Waals surface area contributed by atoms with Crippen molar-refractivity contribution >= 4 is 16.7 Å². The Hall–Kier alpha value is -2.03. The van der Waals surface area contributed by atoms with Crippen molar-refractivity contribution in [1.82, 2.24) is 0 Å². The monoisotopic (exact) mass is 286 g/mol. The fourth-order valence-corrected chi connectivity index (χ4v) is 2.45. The van der Waals surface area contributed by atoms with Gasteiger partial charge in [-0.05, 0) is 60.4 Å². The van der Waals surface area contributed by atoms with Crippen molar-refractivity contribution < 1.29 is 14.3 Å². The highest BCUT2D eigenvalue weighted by Crippen LogP contribution is 2.27. The molecule has 0 bridgehead atoms. The van der Waals surface area contributed by atoms with Crippen LogP contribution in [0.5, 0.6) is 5.75 Å². The van der Waals surface area contributed by atoms with Gasteiger partial charge in [0.05, 0.1) is 19.3 Å². The number of benzene rings is 2. The van der Waals surface area contributed by atoms with Gasteiger partial charge in [0.2, 0.25) is 0 Å². The van der Waals surface area contributed by atoms with Crippen LogP contribution in [0.15, 0.2) is 30.3 Å². The number of aryl methyl sites for hydroxylation is 1. The van der Waals surface area contributed by atoms with Crippen LogP contribution < -0.4 is 4.74 Å². The quantitative estimate of drug-likeness (QED) is 0.740. The topological polar surface area (TPSA) is 35.5 Å². The van der Waals surface area contributed by atoms with Gasteiger partial charge in [-0.25, -0.2) is 4.79 Å². The Morgan fingerprint density at radius 3 is 2.62 bits per heavy atom. The maximum Gasteiger partial charge on any atom is 0.338 e. The van der Waals surface area contributed by atoms with E-state index in [4.69, 9.17) is 9.47 Å². The molecule has 0 saturated heterocycles. The molecule has 0 aliphatic heterocycles. The predicted octanol–water partition coefficient (Wildman–Crippen LogP) is 4.37. The van der Waals surface area contributed by atoms with Gasteiger partial charge in [-0.3, -0.25) is 0 Å². The molecule has 21 heavy (non-hydrogen) atoms. The van der Waals surface area contributed by atoms with Crippen molar-refractivity contribution in [3.63, 3.8) is 0 Å². The van der Waals surface area contributed by atoms with Crippen molar-refractivity contribution in [3.8, 4) is 5.75 Å². The fraction of sp³-hybridized carbons (Fsp3) is 0.389. The first-order valence-corrected chi connectivity index (χ1v) is 7.47. The number of methoxy groups -OCH3 is 1. The lowest BCUT2D eigenvalue weighted by atomic mass is 9.97. The minimum absolute atomic E-state index is 0.257. The van der Waals surface area contributed by atoms with Gasteiger partial charge in [0, 0.05) is 0 Å². The molecule has 0 fully saturated rings. The number of rotatable bonds is 6. The van der Waals surface area contributed by atoms with Gasteiger partial charge < -0.3 is 9.47 Å². The summed E-state index contributed by atoms with van der Waals surface area (Å²) in [6.45, 7) is 4.38. The number of unbranched alkanes of at least 4 members (excludes halogenated alkanes) is 1. The van der Waals surface area contributed by atoms with Gasteiger partial charge in [-0.2, -0.15) is 0 Å². The van der Waals surface area contributed by atoms with Gasteiger partial charge in [0.25, 0.3) is 0 Å². The second-order valence-electron chi connectivity index (χ2n) is 5.05. The Morgan fingerprint density at radius 1 is 1.14 bits per heavy atom. The zero-order chi connectivity index (χ0) is 15.2. The standard InChI is InChI=1S/C18H22O3/c1-4-6-7-13-10-15(18(19)21-5-2)11-14-8-9-16(20-3)12-17(13)14/h8-12H,4-7H2,1-3H3. The summed E-state index contributed by atoms with van der Waals surface area (Å²) in [5.74, 6) is 0.581. The summed E-state index contributed by atoms with van der Waals surface area (Å²) in [5, 5.41) is 2.20. The molecule has 3 heteroatoms. The van der Waals surface area contributed by atoms with E-state index in [2.05, 4.69) is 6.92 Å². The molecule has 0 radical (unpaired) electrons. The Balaban J connectivity index is 2.52. The summed E-state index contributed by atoms with van der Waals surface area (Å²) in [7, 11) is 1.67. The molecule has 0 N–H and O–H groups in total. The average molecular weight is 286 g/mol. The zero-order valence-corrected chi connectivity index (χ0v) is 12.9. The Labute approximate surface area is 125 Å². The average Bonchev–Trinajstić information content (AvgIpc) is 2.52. The van der Waals surface area contributed by atoms with Gasteiger partial charge in [-0.15, -0.1) is 0 Å². The molecule has 0 aliphatic rings. The molecule has 2 aromatic carbocycles. The summed E-state index contributed by atoms with van der Waals surface area (Å²) in [5.41, 5.74) is 1.80. The Kier molecular flexibility index (Phi) is 5.20. The van der Waals surface area contributed by atoms with E-state index in [9.17, 15) is 4.79 Å². The first-order chi connectivity index (χ1) is 10.2. The molecule has 0 unspecified atom stereocenters. The number of carbonyl (C=O) groups is 1. The van der Waals surface area contributed by atoms with Gasteiger partial charge in [0.15, 0.2) is 0 Å². The van der Waals surface area contributed by atoms with Crippen molar-refractivity contribution in [3.05, 3.63) is 41.5 Å². The largest absolute Gasteiger partial charge is 0.497 e. The van der Waals surface area contributed by atoms with E-state index in [1.807, 2.05) is 37.3 Å². The minimum Gasteiger partial charge on any atom is -0.497 e. The van der Waals surface area contributed by atoms with E-state index in [1.165, 1.54) is 5.56 Å². The van der Waals surface area contributed by atoms with E-state index in [-0.39, 0.29) is 5.97 Å². The Bertz CT molecular complexity index is 632. The molecule has 0 aliphatic carbocycles. The number of carbonyl (C=O) groups excluding carboxylic acids is 1. The third-order valence-electron chi connectivity index (χ3n) is 3.56. The highest BCUT2D eigenvalue weighted by Gasteiger charge is 2.11. The van der Waals surface area contributed by atoms with Gasteiger partial charge in [0.1, 0.15) is 5.75 Å². The van der Waals surface area contributed by atoms with Crippen LogP contribution in [0, 0.1) is 0 Å². The van der Waals surface area contributed by atoms with E-state index in [0.29, 0.717) is 12.2 Å². The van der Waals surface area contributed by atoms with Crippen LogP contribution in [0.1, 0.15) is 42.6 Å². The van der Waals surface area contributed by atoms with Crippen LogP contribution in [0.4, 0.5) is 0 Å². The lowest BCUT2D eigenvalue weighted by molar-refractivity contribution is 0.0526. The first-order valence-electron chi connectivity index (χ1n) is 7.47. The molecule has 0 aromatic heterocycles. The summed E-state index contributed by atoms with van der Waals surface area (Å²) in [4.78, 5) is 12.0. The SMILES string of the molecule is CCCCc1cc(C(=O)OCC)cc2ccc(OC)cc12. The maximum atomic E-state index is 12.0. The van der Waals surface area contributed by atoms with Crippen LogP contribution in [-0.2, 0) is 11.2 Å². The molecule has 2 aromatic rings. The molecular formula is C18H22O3. The lowest BCUT2D eigenvalue weighted by Crippen LogP contribution is -2.05. The third kappa shape index (κ3) is 3.54. The predicted molar refractivity (Wildman–Crippen MR) is 85.1 cm³/mol. The van der Waals surface area contributed by atoms with Crippen molar-refractivity contribution in [2.75, 3.05) is 13.7 Å². The van der Waals surface area contributed by atoms with Gasteiger partial charge in [-0.1, -0.05) is 19.4 Å². The molecule has 0 saturated carbocycles. The molecule has 112 valence electrons. The highest BCUT2D eigenvalue weighted by atomic mass is 16.5. The Morgan fingerprint density at radius 2 is 1.95 bits per heavy atom. The summed E-state index contributed by atoms with van der Waals surface area (Å²) >= 11 is 0. The number of ether oxygens (including phenoxy) is 2. The molecule has 0 spiro atoms. The second-order valence-corrected chi connectivity index (χ2v) is 5.05. The number of hydrogen-bond acceptors (Lipinski definition) is 3. The molecule has 3 nitrogen and oxygen atoms in total. The zero-order valence-electron chi connectivity index (χ0n) is 12.9. The van der Waals surface area contributed by atoms with Gasteiger partial charge >= 0.3 is 5.97 Å². The summed E-state index contributed by atoms with van der Waals surface area (Å²) in [6.07, 6.45) is 3.17. The highest BCUT2D eigenvalue weighted by molar-refractivity contribution is 5.97. The molecule has 2 rings (SSSR count). The van der Waals surface area contributed by atoms with Crippen LogP contribution in [0.3, 0.4) is 0 Å². The van der Waals surface area contributed by atoms with E-state index < -0.39 is 0 Å². The van der Waals surface area contributed by atoms with Crippen LogP contribution in [0.2, 0.25) is 0 Å². The number of fused-ring (bicyclic) bond motifs is 1.